The number of primary amides is 1. The van der Waals surface area contributed by atoms with Crippen LogP contribution in [-0.2, 0) is 16.0 Å². The minimum atomic E-state index is -1.10. The average molecular weight is 438 g/mol. The number of ketones is 1. The molecule has 0 saturated carbocycles. The number of para-hydroxylation sites is 1. The van der Waals surface area contributed by atoms with Gasteiger partial charge in [-0.25, -0.2) is 4.68 Å². The van der Waals surface area contributed by atoms with E-state index in [9.17, 15) is 14.4 Å². The smallest absolute Gasteiger partial charge is 0.287 e. The largest absolute Gasteiger partial charge is 0.363 e. The molecule has 1 aromatic heterocycles. The molecule has 0 aliphatic rings. The van der Waals surface area contributed by atoms with E-state index in [0.717, 1.165) is 16.8 Å². The van der Waals surface area contributed by atoms with Crippen LogP contribution < -0.4 is 11.1 Å². The van der Waals surface area contributed by atoms with Crippen LogP contribution in [0.5, 0.6) is 0 Å². The second-order valence-corrected chi connectivity index (χ2v) is 7.48. The highest BCUT2D eigenvalue weighted by Crippen LogP contribution is 2.24. The number of carbonyl (C=O) groups excluding carboxylic acids is 3. The maximum absolute atomic E-state index is 13.3. The number of nitrogens with zero attached hydrogens (tertiary/aromatic N) is 2. The third-order valence-corrected chi connectivity index (χ3v) is 5.17. The van der Waals surface area contributed by atoms with Crippen molar-refractivity contribution in [3.8, 4) is 16.9 Å². The number of amides is 2. The van der Waals surface area contributed by atoms with Gasteiger partial charge in [-0.2, -0.15) is 5.10 Å². The fourth-order valence-electron chi connectivity index (χ4n) is 3.53. The lowest BCUT2D eigenvalue weighted by Crippen LogP contribution is -2.47. The number of Topliss-reactive ketones (excluding diaryl/α,β-unsaturated/α-hetero) is 1. The summed E-state index contributed by atoms with van der Waals surface area (Å²) < 4.78 is 1.61. The Morgan fingerprint density at radius 3 is 2.03 bits per heavy atom. The zero-order valence-electron chi connectivity index (χ0n) is 17.7. The van der Waals surface area contributed by atoms with Crippen LogP contribution in [0.25, 0.3) is 16.9 Å². The van der Waals surface area contributed by atoms with Crippen molar-refractivity contribution >= 4 is 17.6 Å². The average Bonchev–Trinajstić information content (AvgIpc) is 3.31. The Morgan fingerprint density at radius 2 is 1.42 bits per heavy atom. The van der Waals surface area contributed by atoms with E-state index in [1.165, 1.54) is 0 Å². The maximum atomic E-state index is 13.3. The molecule has 4 rings (SSSR count). The number of benzene rings is 3. The van der Waals surface area contributed by atoms with Crippen molar-refractivity contribution < 1.29 is 14.4 Å². The van der Waals surface area contributed by atoms with E-state index in [2.05, 4.69) is 10.4 Å². The highest BCUT2D eigenvalue weighted by Gasteiger charge is 2.28. The van der Waals surface area contributed by atoms with Crippen LogP contribution >= 0.6 is 0 Å². The molecule has 0 bridgehead atoms. The summed E-state index contributed by atoms with van der Waals surface area (Å²) in [4.78, 5) is 37.5. The Labute approximate surface area is 190 Å². The van der Waals surface area contributed by atoms with E-state index in [0.29, 0.717) is 5.69 Å². The number of nitrogens with one attached hydrogen (secondary N) is 1. The van der Waals surface area contributed by atoms with Crippen molar-refractivity contribution in [3.63, 3.8) is 0 Å². The summed E-state index contributed by atoms with van der Waals surface area (Å²) in [6, 6.07) is 26.7. The lowest BCUT2D eigenvalue weighted by atomic mass is 10.0. The Balaban J connectivity index is 1.70. The maximum Gasteiger partial charge on any atom is 0.287 e. The Bertz CT molecular complexity index is 1270. The normalized spacial score (nSPS) is 11.5. The molecule has 3 N–H and O–H groups in total. The number of rotatable bonds is 8. The zero-order valence-corrected chi connectivity index (χ0v) is 17.7. The summed E-state index contributed by atoms with van der Waals surface area (Å²) in [5, 5.41) is 7.32. The summed E-state index contributed by atoms with van der Waals surface area (Å²) >= 11 is 0. The molecule has 2 amide bonds. The second kappa shape index (κ2) is 9.74. The van der Waals surface area contributed by atoms with Crippen LogP contribution in [0.4, 0.5) is 0 Å². The topological polar surface area (TPSA) is 107 Å². The third kappa shape index (κ3) is 5.04. The van der Waals surface area contributed by atoms with Gasteiger partial charge in [-0.05, 0) is 17.7 Å². The molecular weight excluding hydrogens is 416 g/mol. The first-order chi connectivity index (χ1) is 16.0. The molecule has 0 unspecified atom stereocenters. The first-order valence-electron chi connectivity index (χ1n) is 10.4. The summed E-state index contributed by atoms with van der Waals surface area (Å²) in [5.74, 6) is -2.48. The first kappa shape index (κ1) is 21.7. The summed E-state index contributed by atoms with van der Waals surface area (Å²) in [6.07, 6.45) is 1.75. The predicted octanol–water partition coefficient (Wildman–Crippen LogP) is 2.93. The van der Waals surface area contributed by atoms with Crippen LogP contribution in [0.2, 0.25) is 0 Å². The van der Waals surface area contributed by atoms with Gasteiger partial charge in [0.2, 0.25) is 5.78 Å². The van der Waals surface area contributed by atoms with E-state index in [1.54, 1.807) is 10.9 Å². The molecule has 164 valence electrons. The number of carbonyl (C=O) groups is 3. The van der Waals surface area contributed by atoms with Gasteiger partial charge in [0, 0.05) is 18.2 Å². The molecule has 7 nitrogen and oxygen atoms in total. The van der Waals surface area contributed by atoms with Crippen LogP contribution in [0.15, 0.2) is 97.2 Å². The van der Waals surface area contributed by atoms with Crippen molar-refractivity contribution in [2.75, 3.05) is 0 Å². The Kier molecular flexibility index (Phi) is 6.40. The first-order valence-corrected chi connectivity index (χ1v) is 10.4. The van der Waals surface area contributed by atoms with E-state index in [4.69, 9.17) is 5.73 Å². The van der Waals surface area contributed by atoms with Gasteiger partial charge >= 0.3 is 0 Å². The lowest BCUT2D eigenvalue weighted by Gasteiger charge is -2.16. The van der Waals surface area contributed by atoms with Gasteiger partial charge in [-0.15, -0.1) is 0 Å². The van der Waals surface area contributed by atoms with Gasteiger partial charge in [-0.3, -0.25) is 14.4 Å². The highest BCUT2D eigenvalue weighted by atomic mass is 16.2. The minimum absolute atomic E-state index is 0.141. The third-order valence-electron chi connectivity index (χ3n) is 5.17. The summed E-state index contributed by atoms with van der Waals surface area (Å²) in [6.45, 7) is 0. The van der Waals surface area contributed by atoms with E-state index in [1.807, 2.05) is 91.0 Å². The van der Waals surface area contributed by atoms with Crippen LogP contribution in [0.1, 0.15) is 15.9 Å². The van der Waals surface area contributed by atoms with Gasteiger partial charge in [0.1, 0.15) is 11.7 Å². The Morgan fingerprint density at radius 1 is 0.848 bits per heavy atom. The quantitative estimate of drug-likeness (QED) is 0.413. The second-order valence-electron chi connectivity index (χ2n) is 7.48. The van der Waals surface area contributed by atoms with E-state index in [-0.39, 0.29) is 12.0 Å². The van der Waals surface area contributed by atoms with Gasteiger partial charge in [0.05, 0.1) is 11.3 Å². The molecule has 1 heterocycles. The fourth-order valence-corrected chi connectivity index (χ4v) is 3.53. The molecule has 1 atom stereocenters. The molecule has 0 spiro atoms. The SMILES string of the molecule is NC(=O)C(=O)[C@H](Cc1ccccc1)NC(=O)c1cn(-c2ccccc2)nc1-c1ccccc1. The van der Waals surface area contributed by atoms with Crippen LogP contribution in [0.3, 0.4) is 0 Å². The molecule has 0 saturated heterocycles. The molecule has 7 heteroatoms. The van der Waals surface area contributed by atoms with Crippen molar-refractivity contribution in [2.24, 2.45) is 5.73 Å². The number of hydrogen-bond donors (Lipinski definition) is 2. The molecule has 0 fully saturated rings. The molecule has 0 radical (unpaired) electrons. The van der Waals surface area contributed by atoms with Crippen molar-refractivity contribution in [2.45, 2.75) is 12.5 Å². The molecule has 4 aromatic rings. The van der Waals surface area contributed by atoms with Gasteiger partial charge < -0.3 is 11.1 Å². The molecule has 0 aliphatic heterocycles. The number of aromatic nitrogens is 2. The summed E-state index contributed by atoms with van der Waals surface area (Å²) in [5.41, 5.74) is 8.31. The zero-order chi connectivity index (χ0) is 23.2. The molecular formula is C26H22N4O3. The van der Waals surface area contributed by atoms with Crippen LogP contribution in [0, 0.1) is 0 Å². The van der Waals surface area contributed by atoms with Crippen LogP contribution in [-0.4, -0.2) is 33.4 Å². The predicted molar refractivity (Wildman–Crippen MR) is 125 cm³/mol. The van der Waals surface area contributed by atoms with Crippen molar-refractivity contribution in [3.05, 3.63) is 108 Å². The van der Waals surface area contributed by atoms with Gasteiger partial charge in [0.25, 0.3) is 11.8 Å². The monoisotopic (exact) mass is 438 g/mol. The number of hydrogen-bond acceptors (Lipinski definition) is 4. The van der Waals surface area contributed by atoms with E-state index < -0.39 is 23.6 Å². The molecule has 0 aliphatic carbocycles. The van der Waals surface area contributed by atoms with Crippen molar-refractivity contribution in [1.29, 1.82) is 0 Å². The standard InChI is InChI=1S/C26H22N4O3/c27-25(32)24(31)22(16-18-10-4-1-5-11-18)28-26(33)21-17-30(20-14-8-3-9-15-20)29-23(21)19-12-6-2-7-13-19/h1-15,17,22H,16H2,(H2,27,32)(H,28,33)/t22-/m0/s1. The van der Waals surface area contributed by atoms with Crippen molar-refractivity contribution in [1.82, 2.24) is 15.1 Å². The number of nitrogens with two attached hydrogens (primary N) is 1. The van der Waals surface area contributed by atoms with Gasteiger partial charge in [0.15, 0.2) is 0 Å². The molecule has 33 heavy (non-hydrogen) atoms. The van der Waals surface area contributed by atoms with E-state index >= 15 is 0 Å². The highest BCUT2D eigenvalue weighted by molar-refractivity contribution is 6.38. The summed E-state index contributed by atoms with van der Waals surface area (Å²) in [7, 11) is 0. The molecule has 3 aromatic carbocycles. The van der Waals surface area contributed by atoms with Gasteiger partial charge in [-0.1, -0.05) is 78.9 Å². The fraction of sp³-hybridized carbons (Fsp3) is 0.0769. The Hall–Kier alpha value is -4.52. The lowest BCUT2D eigenvalue weighted by molar-refractivity contribution is -0.137. The minimum Gasteiger partial charge on any atom is -0.363 e.